The number of thioether (sulfide) groups is 1. The number of rotatable bonds is 8. The number of anilines is 1. The van der Waals surface area contributed by atoms with Gasteiger partial charge in [-0.25, -0.2) is 0 Å². The Morgan fingerprint density at radius 1 is 1.16 bits per heavy atom. The molecule has 3 amide bonds. The van der Waals surface area contributed by atoms with E-state index >= 15 is 0 Å². The first-order chi connectivity index (χ1) is 18.2. The van der Waals surface area contributed by atoms with Crippen LogP contribution in [0, 0.1) is 18.8 Å². The Kier molecular flexibility index (Phi) is 7.26. The number of aliphatic hydroxyl groups is 1. The van der Waals surface area contributed by atoms with Crippen LogP contribution < -0.4 is 10.6 Å². The summed E-state index contributed by atoms with van der Waals surface area (Å²) in [4.78, 5) is 43.7. The molecular weight excluding hydrogens is 522 g/mol. The van der Waals surface area contributed by atoms with E-state index in [-0.39, 0.29) is 24.3 Å². The quantitative estimate of drug-likeness (QED) is 0.450. The van der Waals surface area contributed by atoms with Crippen LogP contribution in [-0.4, -0.2) is 56.4 Å². The molecule has 3 heterocycles. The molecule has 0 aliphatic carbocycles. The number of para-hydroxylation sites is 1. The molecule has 0 saturated carbocycles. The number of benzene rings is 2. The molecular formula is C29H34ClN3O4S. The normalized spacial score (nSPS) is 30.3. The summed E-state index contributed by atoms with van der Waals surface area (Å²) in [6.45, 7) is 6.09. The first kappa shape index (κ1) is 27.0. The molecule has 3 saturated heterocycles. The van der Waals surface area contributed by atoms with Crippen molar-refractivity contribution in [3.8, 4) is 0 Å². The van der Waals surface area contributed by atoms with Crippen LogP contribution in [0.25, 0.3) is 0 Å². The van der Waals surface area contributed by atoms with Crippen LogP contribution in [0.3, 0.4) is 0 Å². The van der Waals surface area contributed by atoms with Crippen molar-refractivity contribution in [2.24, 2.45) is 11.8 Å². The third kappa shape index (κ3) is 4.12. The average Bonchev–Trinajstić information content (AvgIpc) is 3.47. The highest BCUT2D eigenvalue weighted by molar-refractivity contribution is 8.02. The van der Waals surface area contributed by atoms with Gasteiger partial charge in [0.25, 0.3) is 0 Å². The Balaban J connectivity index is 1.61. The van der Waals surface area contributed by atoms with E-state index in [0.29, 0.717) is 23.7 Å². The third-order valence-corrected chi connectivity index (χ3v) is 10.8. The summed E-state index contributed by atoms with van der Waals surface area (Å²) in [6.07, 6.45) is 2.15. The Bertz CT molecular complexity index is 1240. The molecule has 9 heteroatoms. The van der Waals surface area contributed by atoms with Gasteiger partial charge < -0.3 is 20.6 Å². The van der Waals surface area contributed by atoms with Crippen LogP contribution in [0.5, 0.6) is 0 Å². The van der Waals surface area contributed by atoms with Crippen molar-refractivity contribution in [3.05, 3.63) is 64.7 Å². The summed E-state index contributed by atoms with van der Waals surface area (Å²) in [5.74, 6) is -1.96. The van der Waals surface area contributed by atoms with Gasteiger partial charge in [-0.2, -0.15) is 0 Å². The zero-order chi connectivity index (χ0) is 27.2. The van der Waals surface area contributed by atoms with Crippen molar-refractivity contribution in [1.29, 1.82) is 0 Å². The zero-order valence-corrected chi connectivity index (χ0v) is 23.4. The molecule has 38 heavy (non-hydrogen) atoms. The van der Waals surface area contributed by atoms with E-state index in [2.05, 4.69) is 10.6 Å². The second-order valence-corrected chi connectivity index (χ2v) is 13.1. The number of nitrogens with zero attached hydrogens (tertiary/aromatic N) is 1. The van der Waals surface area contributed by atoms with E-state index < -0.39 is 33.4 Å². The maximum absolute atomic E-state index is 14.4. The van der Waals surface area contributed by atoms with E-state index in [1.54, 1.807) is 22.7 Å². The summed E-state index contributed by atoms with van der Waals surface area (Å²) in [5, 5.41) is 17.0. The Morgan fingerprint density at radius 2 is 1.89 bits per heavy atom. The van der Waals surface area contributed by atoms with E-state index in [0.717, 1.165) is 24.0 Å². The lowest BCUT2D eigenvalue weighted by atomic mass is 9.66. The number of hydrogen-bond donors (Lipinski definition) is 3. The smallest absolute Gasteiger partial charge is 0.248 e. The van der Waals surface area contributed by atoms with Crippen molar-refractivity contribution in [3.63, 3.8) is 0 Å². The highest BCUT2D eigenvalue weighted by atomic mass is 35.5. The number of likely N-dealkylation sites (tertiary alicyclic amines) is 1. The fraction of sp³-hybridized carbons (Fsp3) is 0.483. The Hall–Kier alpha value is -2.55. The van der Waals surface area contributed by atoms with Crippen LogP contribution in [0.2, 0.25) is 5.02 Å². The lowest BCUT2D eigenvalue weighted by Crippen LogP contribution is -2.53. The van der Waals surface area contributed by atoms with Crippen LogP contribution in [0.4, 0.5) is 5.69 Å². The fourth-order valence-corrected chi connectivity index (χ4v) is 9.38. The van der Waals surface area contributed by atoms with Gasteiger partial charge in [-0.05, 0) is 50.3 Å². The Labute approximate surface area is 232 Å². The van der Waals surface area contributed by atoms with Gasteiger partial charge in [0.05, 0.1) is 39.9 Å². The minimum absolute atomic E-state index is 0.134. The molecule has 0 aromatic heterocycles. The number of hydrogen-bond acceptors (Lipinski definition) is 5. The number of carbonyl (C=O) groups is 3. The lowest BCUT2D eigenvalue weighted by molar-refractivity contribution is -0.142. The molecule has 5 rings (SSSR count). The summed E-state index contributed by atoms with van der Waals surface area (Å²) in [6, 6.07) is 13.1. The summed E-state index contributed by atoms with van der Waals surface area (Å²) in [5.41, 5.74) is 2.06. The molecule has 2 bridgehead atoms. The molecule has 3 aliphatic heterocycles. The highest BCUT2D eigenvalue weighted by Gasteiger charge is 2.77. The van der Waals surface area contributed by atoms with Gasteiger partial charge >= 0.3 is 0 Å². The van der Waals surface area contributed by atoms with Crippen LogP contribution in [0.15, 0.2) is 48.5 Å². The number of halogens is 1. The van der Waals surface area contributed by atoms with E-state index in [9.17, 15) is 19.5 Å². The standard InChI is InChI=1S/C29H34ClN3O4S/c1-4-15-31-25(35)21-22-27(37)33(20(16-34)18-10-6-5-7-11-18)24(29(22)14-13-28(21,3)38-29)26(36)32-23-17(2)9-8-12-19(23)30/h5-12,20-22,24,34H,4,13-16H2,1-3H3,(H,31,35)(H,32,36)/t20-,21+,22+,24?,28-,29?/m1/s1. The van der Waals surface area contributed by atoms with Gasteiger partial charge in [-0.1, -0.05) is 61.0 Å². The molecule has 3 fully saturated rings. The van der Waals surface area contributed by atoms with Crippen molar-refractivity contribution in [2.45, 2.75) is 61.6 Å². The maximum Gasteiger partial charge on any atom is 0.248 e. The molecule has 6 atom stereocenters. The number of amides is 3. The zero-order valence-electron chi connectivity index (χ0n) is 21.9. The van der Waals surface area contributed by atoms with Crippen molar-refractivity contribution >= 4 is 46.8 Å². The minimum Gasteiger partial charge on any atom is -0.394 e. The summed E-state index contributed by atoms with van der Waals surface area (Å²) in [7, 11) is 0. The van der Waals surface area contributed by atoms with Crippen LogP contribution in [-0.2, 0) is 14.4 Å². The largest absolute Gasteiger partial charge is 0.394 e. The second-order valence-electron chi connectivity index (χ2n) is 10.8. The molecule has 202 valence electrons. The second kappa shape index (κ2) is 10.2. The number of carbonyl (C=O) groups excluding carboxylic acids is 3. The fourth-order valence-electron chi connectivity index (χ4n) is 6.77. The maximum atomic E-state index is 14.4. The molecule has 1 spiro atoms. The lowest BCUT2D eigenvalue weighted by Gasteiger charge is -2.37. The van der Waals surface area contributed by atoms with Crippen LogP contribution in [0.1, 0.15) is 50.3 Å². The average molecular weight is 556 g/mol. The van der Waals surface area contributed by atoms with Crippen molar-refractivity contribution in [2.75, 3.05) is 18.5 Å². The molecule has 0 radical (unpaired) electrons. The molecule has 2 unspecified atom stereocenters. The Morgan fingerprint density at radius 3 is 2.55 bits per heavy atom. The minimum atomic E-state index is -0.885. The monoisotopic (exact) mass is 555 g/mol. The first-order valence-corrected chi connectivity index (χ1v) is 14.4. The van der Waals surface area contributed by atoms with Gasteiger partial charge in [0.15, 0.2) is 0 Å². The molecule has 3 aliphatic rings. The van der Waals surface area contributed by atoms with E-state index in [1.807, 2.05) is 63.2 Å². The molecule has 2 aromatic rings. The predicted molar refractivity (Wildman–Crippen MR) is 150 cm³/mol. The molecule has 2 aromatic carbocycles. The van der Waals surface area contributed by atoms with Crippen LogP contribution >= 0.6 is 23.4 Å². The third-order valence-electron chi connectivity index (χ3n) is 8.46. The van der Waals surface area contributed by atoms with E-state index in [4.69, 9.17) is 11.6 Å². The number of aliphatic hydroxyl groups excluding tert-OH is 1. The van der Waals surface area contributed by atoms with Gasteiger partial charge in [-0.15, -0.1) is 11.8 Å². The van der Waals surface area contributed by atoms with Gasteiger partial charge in [0.1, 0.15) is 6.04 Å². The first-order valence-electron chi connectivity index (χ1n) is 13.2. The topological polar surface area (TPSA) is 98.7 Å². The van der Waals surface area contributed by atoms with Gasteiger partial charge in [0.2, 0.25) is 17.7 Å². The number of aryl methyl sites for hydroxylation is 1. The van der Waals surface area contributed by atoms with Crippen molar-refractivity contribution < 1.29 is 19.5 Å². The predicted octanol–water partition coefficient (Wildman–Crippen LogP) is 4.33. The molecule has 3 N–H and O–H groups in total. The number of nitrogens with one attached hydrogen (secondary N) is 2. The molecule has 7 nitrogen and oxygen atoms in total. The van der Waals surface area contributed by atoms with Gasteiger partial charge in [-0.3, -0.25) is 14.4 Å². The van der Waals surface area contributed by atoms with E-state index in [1.165, 1.54) is 0 Å². The SMILES string of the molecule is CCCNC(=O)[C@@H]1[C@H]2C(=O)N([C@H](CO)c3ccccc3)C(C(=O)Nc3c(C)cccc3Cl)C23CC[C@@]1(C)S3. The van der Waals surface area contributed by atoms with Crippen molar-refractivity contribution in [1.82, 2.24) is 10.2 Å². The van der Waals surface area contributed by atoms with Gasteiger partial charge in [0, 0.05) is 11.3 Å². The summed E-state index contributed by atoms with van der Waals surface area (Å²) >= 11 is 8.07. The highest BCUT2D eigenvalue weighted by Crippen LogP contribution is 2.72. The number of fused-ring (bicyclic) bond motifs is 1. The summed E-state index contributed by atoms with van der Waals surface area (Å²) < 4.78 is -1.24.